The normalized spacial score (nSPS) is 13.1. The van der Waals surface area contributed by atoms with Crippen LogP contribution < -0.4 is 11.1 Å². The van der Waals surface area contributed by atoms with Crippen molar-refractivity contribution in [2.75, 3.05) is 5.32 Å². The first kappa shape index (κ1) is 17.1. The molecule has 0 saturated carbocycles. The van der Waals surface area contributed by atoms with Crippen LogP contribution in [0.4, 0.5) is 5.69 Å². The van der Waals surface area contributed by atoms with Crippen molar-refractivity contribution in [1.29, 1.82) is 0 Å². The summed E-state index contributed by atoms with van der Waals surface area (Å²) < 4.78 is 1.52. The highest BCUT2D eigenvalue weighted by Crippen LogP contribution is 2.14. The fraction of sp³-hybridized carbons (Fsp3) is 0.385. The molecule has 2 atom stereocenters. The molecule has 0 bridgehead atoms. The van der Waals surface area contributed by atoms with Crippen LogP contribution in [0, 0.1) is 5.92 Å². The lowest BCUT2D eigenvalue weighted by atomic mass is 9.99. The van der Waals surface area contributed by atoms with E-state index >= 15 is 0 Å². The van der Waals surface area contributed by atoms with Crippen LogP contribution in [-0.2, 0) is 4.79 Å². The van der Waals surface area contributed by atoms with Crippen molar-refractivity contribution in [3.05, 3.63) is 30.6 Å². The summed E-state index contributed by atoms with van der Waals surface area (Å²) in [5.74, 6) is -0.0501. The summed E-state index contributed by atoms with van der Waals surface area (Å²) in [6, 6.07) is 6.74. The number of amides is 1. The third-order valence-electron chi connectivity index (χ3n) is 3.29. The number of hydrogen-bond donors (Lipinski definition) is 2. The number of rotatable bonds is 5. The standard InChI is InChI=1S/C13H18N6O.ClH/c1-3-9(2)12(14)13(20)16-10-5-4-6-11(7-10)19-8-15-17-18-19;/h4-9,12H,3,14H2,1-2H3,(H,16,20);1H. The fourth-order valence-electron chi connectivity index (χ4n) is 1.74. The summed E-state index contributed by atoms with van der Waals surface area (Å²) in [4.78, 5) is 12.0. The van der Waals surface area contributed by atoms with E-state index in [9.17, 15) is 4.79 Å². The van der Waals surface area contributed by atoms with Gasteiger partial charge in [0.15, 0.2) is 0 Å². The molecule has 0 radical (unpaired) electrons. The monoisotopic (exact) mass is 310 g/mol. The van der Waals surface area contributed by atoms with Gasteiger partial charge in [-0.15, -0.1) is 17.5 Å². The van der Waals surface area contributed by atoms with Crippen LogP contribution in [0.25, 0.3) is 5.69 Å². The van der Waals surface area contributed by atoms with Crippen LogP contribution in [0.1, 0.15) is 20.3 Å². The zero-order valence-electron chi connectivity index (χ0n) is 11.9. The molecule has 8 heteroatoms. The average molecular weight is 311 g/mol. The molecule has 1 heterocycles. The highest BCUT2D eigenvalue weighted by molar-refractivity contribution is 5.95. The largest absolute Gasteiger partial charge is 0.325 e. The van der Waals surface area contributed by atoms with Crippen LogP contribution in [0.5, 0.6) is 0 Å². The number of halogens is 1. The molecule has 1 aromatic carbocycles. The molecule has 0 aliphatic carbocycles. The third kappa shape index (κ3) is 4.24. The summed E-state index contributed by atoms with van der Waals surface area (Å²) in [6.45, 7) is 3.97. The minimum absolute atomic E-state index is 0. The number of carbonyl (C=O) groups is 1. The van der Waals surface area contributed by atoms with E-state index in [0.29, 0.717) is 5.69 Å². The van der Waals surface area contributed by atoms with E-state index in [1.165, 1.54) is 11.0 Å². The average Bonchev–Trinajstić information content (AvgIpc) is 3.00. The molecule has 0 aliphatic heterocycles. The zero-order chi connectivity index (χ0) is 14.5. The Morgan fingerprint density at radius 2 is 2.24 bits per heavy atom. The number of tetrazole rings is 1. The molecule has 1 aromatic heterocycles. The number of nitrogens with two attached hydrogens (primary N) is 1. The maximum Gasteiger partial charge on any atom is 0.241 e. The van der Waals surface area contributed by atoms with Gasteiger partial charge in [0.05, 0.1) is 11.7 Å². The molecular formula is C13H19ClN6O. The minimum Gasteiger partial charge on any atom is -0.325 e. The Labute approximate surface area is 129 Å². The van der Waals surface area contributed by atoms with E-state index in [0.717, 1.165) is 12.1 Å². The second-order valence-corrected chi connectivity index (χ2v) is 4.71. The summed E-state index contributed by atoms with van der Waals surface area (Å²) >= 11 is 0. The highest BCUT2D eigenvalue weighted by Gasteiger charge is 2.19. The van der Waals surface area contributed by atoms with Gasteiger partial charge >= 0.3 is 0 Å². The Morgan fingerprint density at radius 3 is 2.86 bits per heavy atom. The van der Waals surface area contributed by atoms with Crippen LogP contribution in [-0.4, -0.2) is 32.2 Å². The van der Waals surface area contributed by atoms with Crippen molar-refractivity contribution in [2.45, 2.75) is 26.3 Å². The van der Waals surface area contributed by atoms with Gasteiger partial charge in [0, 0.05) is 5.69 Å². The van der Waals surface area contributed by atoms with Crippen molar-refractivity contribution in [1.82, 2.24) is 20.2 Å². The van der Waals surface area contributed by atoms with Gasteiger partial charge in [-0.2, -0.15) is 0 Å². The Balaban J connectivity index is 0.00000220. The fourth-order valence-corrected chi connectivity index (χ4v) is 1.74. The molecular weight excluding hydrogens is 292 g/mol. The van der Waals surface area contributed by atoms with Crippen LogP contribution in [0.3, 0.4) is 0 Å². The second-order valence-electron chi connectivity index (χ2n) is 4.71. The van der Waals surface area contributed by atoms with Crippen LogP contribution >= 0.6 is 12.4 Å². The molecule has 7 nitrogen and oxygen atoms in total. The topological polar surface area (TPSA) is 98.7 Å². The Hall–Kier alpha value is -1.99. The molecule has 3 N–H and O–H groups in total. The number of carbonyl (C=O) groups excluding carboxylic acids is 1. The zero-order valence-corrected chi connectivity index (χ0v) is 12.7. The van der Waals surface area contributed by atoms with Gasteiger partial charge in [0.2, 0.25) is 5.91 Å². The Morgan fingerprint density at radius 1 is 1.48 bits per heavy atom. The lowest BCUT2D eigenvalue weighted by Crippen LogP contribution is -2.40. The van der Waals surface area contributed by atoms with Gasteiger partial charge in [-0.3, -0.25) is 4.79 Å². The van der Waals surface area contributed by atoms with Gasteiger partial charge in [-0.25, -0.2) is 4.68 Å². The third-order valence-corrected chi connectivity index (χ3v) is 3.29. The number of aromatic nitrogens is 4. The molecule has 0 saturated heterocycles. The SMILES string of the molecule is CCC(C)C(N)C(=O)Nc1cccc(-n2cnnn2)c1.Cl. The van der Waals surface area contributed by atoms with Crippen molar-refractivity contribution in [3.63, 3.8) is 0 Å². The first-order valence-electron chi connectivity index (χ1n) is 6.51. The quantitative estimate of drug-likeness (QED) is 0.869. The first-order valence-corrected chi connectivity index (χ1v) is 6.51. The van der Waals surface area contributed by atoms with E-state index < -0.39 is 6.04 Å². The minimum atomic E-state index is -0.517. The van der Waals surface area contributed by atoms with Gasteiger partial charge in [0.1, 0.15) is 6.33 Å². The first-order chi connectivity index (χ1) is 9.61. The van der Waals surface area contributed by atoms with Crippen molar-refractivity contribution in [3.8, 4) is 5.69 Å². The molecule has 1 amide bonds. The van der Waals surface area contributed by atoms with Crippen molar-refractivity contribution in [2.24, 2.45) is 11.7 Å². The maximum absolute atomic E-state index is 12.0. The number of anilines is 1. The molecule has 0 aliphatic rings. The molecule has 114 valence electrons. The summed E-state index contributed by atoms with van der Waals surface area (Å²) in [5.41, 5.74) is 7.34. The second kappa shape index (κ2) is 7.70. The summed E-state index contributed by atoms with van der Waals surface area (Å²) in [6.07, 6.45) is 2.35. The van der Waals surface area contributed by atoms with Gasteiger partial charge < -0.3 is 11.1 Å². The van der Waals surface area contributed by atoms with E-state index in [1.807, 2.05) is 26.0 Å². The Kier molecular flexibility index (Phi) is 6.26. The predicted octanol–water partition coefficient (Wildman–Crippen LogP) is 1.40. The maximum atomic E-state index is 12.0. The van der Waals surface area contributed by atoms with Crippen LogP contribution in [0.2, 0.25) is 0 Å². The predicted molar refractivity (Wildman–Crippen MR) is 82.5 cm³/mol. The molecule has 21 heavy (non-hydrogen) atoms. The number of nitrogens with zero attached hydrogens (tertiary/aromatic N) is 4. The van der Waals surface area contributed by atoms with Crippen molar-refractivity contribution < 1.29 is 4.79 Å². The van der Waals surface area contributed by atoms with E-state index in [1.54, 1.807) is 12.1 Å². The molecule has 2 rings (SSSR count). The number of hydrogen-bond acceptors (Lipinski definition) is 5. The van der Waals surface area contributed by atoms with Crippen LogP contribution in [0.15, 0.2) is 30.6 Å². The molecule has 2 aromatic rings. The van der Waals surface area contributed by atoms with Gasteiger partial charge in [-0.05, 0) is 34.5 Å². The lowest BCUT2D eigenvalue weighted by molar-refractivity contribution is -0.118. The highest BCUT2D eigenvalue weighted by atomic mass is 35.5. The molecule has 0 fully saturated rings. The number of nitrogens with one attached hydrogen (secondary N) is 1. The smallest absolute Gasteiger partial charge is 0.241 e. The van der Waals surface area contributed by atoms with Gasteiger partial charge in [0.25, 0.3) is 0 Å². The summed E-state index contributed by atoms with van der Waals surface area (Å²) in [7, 11) is 0. The molecule has 2 unspecified atom stereocenters. The number of benzene rings is 1. The van der Waals surface area contributed by atoms with Gasteiger partial charge in [-0.1, -0.05) is 26.3 Å². The van der Waals surface area contributed by atoms with E-state index in [-0.39, 0.29) is 24.2 Å². The van der Waals surface area contributed by atoms with Crippen molar-refractivity contribution >= 4 is 24.0 Å². The van der Waals surface area contributed by atoms with E-state index in [4.69, 9.17) is 5.73 Å². The summed E-state index contributed by atoms with van der Waals surface area (Å²) in [5, 5.41) is 13.8. The van der Waals surface area contributed by atoms with E-state index in [2.05, 4.69) is 20.8 Å². The molecule has 0 spiro atoms. The lowest BCUT2D eigenvalue weighted by Gasteiger charge is -2.17. The Bertz CT molecular complexity index is 574.